The zero-order valence-electron chi connectivity index (χ0n) is 18.5. The Morgan fingerprint density at radius 3 is 2.21 bits per heavy atom. The molecule has 168 valence electrons. The molecule has 0 aliphatic carbocycles. The van der Waals surface area contributed by atoms with E-state index in [4.69, 9.17) is 21.7 Å². The van der Waals surface area contributed by atoms with Crippen molar-refractivity contribution in [1.29, 1.82) is 0 Å². The van der Waals surface area contributed by atoms with Crippen LogP contribution in [-0.4, -0.2) is 23.4 Å². The fraction of sp³-hybridized carbons (Fsp3) is 0.185. The van der Waals surface area contributed by atoms with Crippen LogP contribution in [0.1, 0.15) is 30.5 Å². The molecule has 1 N–H and O–H groups in total. The van der Waals surface area contributed by atoms with Gasteiger partial charge in [0, 0.05) is 11.0 Å². The number of carbonyl (C=O) groups is 1. The summed E-state index contributed by atoms with van der Waals surface area (Å²) in [7, 11) is 0. The summed E-state index contributed by atoms with van der Waals surface area (Å²) in [6.07, 6.45) is 1.79. The minimum absolute atomic E-state index is 0.0840. The summed E-state index contributed by atoms with van der Waals surface area (Å²) in [6, 6.07) is 26.3. The molecule has 1 aliphatic rings. The summed E-state index contributed by atoms with van der Waals surface area (Å²) in [6.45, 7) is 5.24. The summed E-state index contributed by atoms with van der Waals surface area (Å²) < 4.78 is 12.3. The molecule has 33 heavy (non-hydrogen) atoms. The number of nitrogens with one attached hydrogen (secondary N) is 1. The van der Waals surface area contributed by atoms with Gasteiger partial charge in [-0.05, 0) is 35.4 Å². The zero-order valence-corrected chi connectivity index (χ0v) is 20.2. The molecule has 1 aliphatic heterocycles. The Morgan fingerprint density at radius 1 is 0.879 bits per heavy atom. The molecule has 0 bridgehead atoms. The predicted octanol–water partition coefficient (Wildman–Crippen LogP) is 5.96. The van der Waals surface area contributed by atoms with Gasteiger partial charge in [-0.2, -0.15) is 0 Å². The van der Waals surface area contributed by atoms with E-state index in [0.29, 0.717) is 28.2 Å². The van der Waals surface area contributed by atoms with Gasteiger partial charge in [-0.15, -0.1) is 0 Å². The molecule has 1 saturated heterocycles. The lowest BCUT2D eigenvalue weighted by molar-refractivity contribution is -0.115. The van der Waals surface area contributed by atoms with E-state index in [9.17, 15) is 4.79 Å². The number of amides is 1. The molecule has 6 heteroatoms. The summed E-state index contributed by atoms with van der Waals surface area (Å²) in [5.74, 6) is 1.32. The highest BCUT2D eigenvalue weighted by Crippen LogP contribution is 2.32. The van der Waals surface area contributed by atoms with Crippen molar-refractivity contribution in [2.75, 3.05) is 13.2 Å². The van der Waals surface area contributed by atoms with Crippen molar-refractivity contribution < 1.29 is 14.3 Å². The molecule has 3 aromatic carbocycles. The Kier molecular flexibility index (Phi) is 7.16. The lowest BCUT2D eigenvalue weighted by Crippen LogP contribution is -2.18. The standard InChI is InChI=1S/C27H25NO3S2/c1-27(2,20-9-4-3-5-10-20)21-12-14-22(15-13-21)30-16-17-31-23-11-7-6-8-19(23)18-24-25(29)28-26(32)33-24/h3-15,18H,16-17H2,1-2H3,(H,28,29,32)/b24-18+. The first kappa shape index (κ1) is 23.1. The third kappa shape index (κ3) is 5.64. The minimum Gasteiger partial charge on any atom is -0.490 e. The highest BCUT2D eigenvalue weighted by Gasteiger charge is 2.23. The van der Waals surface area contributed by atoms with Crippen LogP contribution >= 0.6 is 24.0 Å². The van der Waals surface area contributed by atoms with Crippen molar-refractivity contribution in [1.82, 2.24) is 5.32 Å². The average molecular weight is 476 g/mol. The Labute approximate surface area is 204 Å². The first-order chi connectivity index (χ1) is 15.9. The molecule has 4 rings (SSSR count). The predicted molar refractivity (Wildman–Crippen MR) is 139 cm³/mol. The van der Waals surface area contributed by atoms with Gasteiger partial charge in [0.2, 0.25) is 0 Å². The van der Waals surface area contributed by atoms with Gasteiger partial charge in [-0.1, -0.05) is 98.5 Å². The van der Waals surface area contributed by atoms with E-state index in [1.165, 1.54) is 22.9 Å². The van der Waals surface area contributed by atoms with Crippen molar-refractivity contribution in [2.45, 2.75) is 19.3 Å². The quantitative estimate of drug-likeness (QED) is 0.247. The van der Waals surface area contributed by atoms with E-state index < -0.39 is 0 Å². The third-order valence-electron chi connectivity index (χ3n) is 5.53. The zero-order chi connectivity index (χ0) is 23.3. The van der Waals surface area contributed by atoms with E-state index in [2.05, 4.69) is 55.6 Å². The summed E-state index contributed by atoms with van der Waals surface area (Å²) >= 11 is 6.31. The van der Waals surface area contributed by atoms with Crippen LogP contribution in [0.25, 0.3) is 6.08 Å². The van der Waals surface area contributed by atoms with Gasteiger partial charge in [0.15, 0.2) is 0 Å². The van der Waals surface area contributed by atoms with Crippen LogP contribution in [-0.2, 0) is 10.2 Å². The molecule has 1 amide bonds. The lowest BCUT2D eigenvalue weighted by atomic mass is 9.78. The van der Waals surface area contributed by atoms with Gasteiger partial charge in [-0.3, -0.25) is 4.79 Å². The number of hydrogen-bond donors (Lipinski definition) is 1. The van der Waals surface area contributed by atoms with E-state index >= 15 is 0 Å². The van der Waals surface area contributed by atoms with Crippen LogP contribution in [0.15, 0.2) is 83.8 Å². The van der Waals surface area contributed by atoms with Crippen molar-refractivity contribution in [3.63, 3.8) is 0 Å². The van der Waals surface area contributed by atoms with E-state index in [0.717, 1.165) is 11.3 Å². The number of thiocarbonyl (C=S) groups is 1. The Balaban J connectivity index is 1.33. The van der Waals surface area contributed by atoms with E-state index in [-0.39, 0.29) is 11.3 Å². The summed E-state index contributed by atoms with van der Waals surface area (Å²) in [4.78, 5) is 12.5. The molecule has 0 unspecified atom stereocenters. The second kappa shape index (κ2) is 10.2. The highest BCUT2D eigenvalue weighted by molar-refractivity contribution is 8.26. The van der Waals surface area contributed by atoms with Gasteiger partial charge in [0.05, 0.1) is 4.91 Å². The van der Waals surface area contributed by atoms with Crippen LogP contribution in [0, 0.1) is 0 Å². The molecule has 3 aromatic rings. The Bertz CT molecular complexity index is 1170. The van der Waals surface area contributed by atoms with Crippen molar-refractivity contribution in [3.8, 4) is 11.5 Å². The molecule has 4 nitrogen and oxygen atoms in total. The van der Waals surface area contributed by atoms with Gasteiger partial charge in [0.25, 0.3) is 5.91 Å². The maximum atomic E-state index is 11.9. The van der Waals surface area contributed by atoms with Crippen molar-refractivity contribution >= 4 is 40.3 Å². The monoisotopic (exact) mass is 475 g/mol. The summed E-state index contributed by atoms with van der Waals surface area (Å²) in [5.41, 5.74) is 3.25. The molecule has 0 spiro atoms. The second-order valence-electron chi connectivity index (χ2n) is 8.10. The smallest absolute Gasteiger partial charge is 0.263 e. The van der Waals surface area contributed by atoms with E-state index in [1.54, 1.807) is 6.08 Å². The fourth-order valence-corrected chi connectivity index (χ4v) is 4.63. The van der Waals surface area contributed by atoms with Gasteiger partial charge >= 0.3 is 0 Å². The van der Waals surface area contributed by atoms with Gasteiger partial charge in [-0.25, -0.2) is 0 Å². The van der Waals surface area contributed by atoms with Crippen LogP contribution in [0.4, 0.5) is 0 Å². The topological polar surface area (TPSA) is 47.6 Å². The maximum Gasteiger partial charge on any atom is 0.263 e. The lowest BCUT2D eigenvalue weighted by Gasteiger charge is -2.26. The number of benzene rings is 3. The number of ether oxygens (including phenoxy) is 2. The molecular weight excluding hydrogens is 450 g/mol. The Morgan fingerprint density at radius 2 is 1.52 bits per heavy atom. The summed E-state index contributed by atoms with van der Waals surface area (Å²) in [5, 5.41) is 2.63. The average Bonchev–Trinajstić information content (AvgIpc) is 3.15. The van der Waals surface area contributed by atoms with E-state index in [1.807, 2.05) is 42.5 Å². The number of para-hydroxylation sites is 1. The molecule has 0 saturated carbocycles. The number of thioether (sulfide) groups is 1. The minimum atomic E-state index is -0.179. The van der Waals surface area contributed by atoms with Crippen LogP contribution in [0.2, 0.25) is 0 Å². The maximum absolute atomic E-state index is 11.9. The highest BCUT2D eigenvalue weighted by atomic mass is 32.2. The van der Waals surface area contributed by atoms with Crippen LogP contribution < -0.4 is 14.8 Å². The Hall–Kier alpha value is -3.09. The third-order valence-corrected chi connectivity index (χ3v) is 6.69. The number of rotatable bonds is 8. The molecule has 0 radical (unpaired) electrons. The number of hydrogen-bond acceptors (Lipinski definition) is 5. The SMILES string of the molecule is CC(C)(c1ccccc1)c1ccc(OCCOc2ccccc2/C=C2/SC(=S)NC2=O)cc1. The van der Waals surface area contributed by atoms with Crippen LogP contribution in [0.3, 0.4) is 0 Å². The van der Waals surface area contributed by atoms with Crippen LogP contribution in [0.5, 0.6) is 11.5 Å². The largest absolute Gasteiger partial charge is 0.490 e. The molecule has 1 fully saturated rings. The first-order valence-electron chi connectivity index (χ1n) is 10.7. The second-order valence-corrected chi connectivity index (χ2v) is 9.82. The van der Waals surface area contributed by atoms with Crippen molar-refractivity contribution in [3.05, 3.63) is 100 Å². The molecule has 0 aromatic heterocycles. The first-order valence-corrected chi connectivity index (χ1v) is 11.9. The molecule has 0 atom stereocenters. The van der Waals surface area contributed by atoms with Gasteiger partial charge in [0.1, 0.15) is 29.0 Å². The normalized spacial score (nSPS) is 14.9. The molecular formula is C27H25NO3S2. The number of carbonyl (C=O) groups excluding carboxylic acids is 1. The molecule has 1 heterocycles. The van der Waals surface area contributed by atoms with Crippen molar-refractivity contribution in [2.24, 2.45) is 0 Å². The fourth-order valence-electron chi connectivity index (χ4n) is 3.59. The van der Waals surface area contributed by atoms with Gasteiger partial charge < -0.3 is 14.8 Å².